The zero-order chi connectivity index (χ0) is 15.8. The molecule has 5 atom stereocenters. The molecule has 2 fully saturated rings. The van der Waals surface area contributed by atoms with Crippen LogP contribution in [0.15, 0.2) is 23.3 Å². The fourth-order valence-corrected chi connectivity index (χ4v) is 6.09. The Hall–Kier alpha value is -0.890. The minimum absolute atomic E-state index is 0.0310. The number of rotatable bonds is 0. The molecule has 2 saturated carbocycles. The first-order chi connectivity index (χ1) is 10.3. The number of carbonyl (C=O) groups is 1. The molecule has 0 aromatic rings. The first kappa shape index (κ1) is 14.7. The van der Waals surface area contributed by atoms with E-state index in [9.17, 15) is 9.90 Å². The first-order valence-electron chi connectivity index (χ1n) is 8.95. The van der Waals surface area contributed by atoms with Gasteiger partial charge in [0.05, 0.1) is 5.60 Å². The maximum Gasteiger partial charge on any atom is 0.155 e. The van der Waals surface area contributed by atoms with Crippen LogP contribution < -0.4 is 0 Å². The second-order valence-corrected chi connectivity index (χ2v) is 8.81. The van der Waals surface area contributed by atoms with Gasteiger partial charge in [-0.05, 0) is 63.4 Å². The van der Waals surface area contributed by atoms with Crippen molar-refractivity contribution in [3.05, 3.63) is 23.3 Å². The van der Waals surface area contributed by atoms with E-state index < -0.39 is 5.60 Å². The molecule has 2 heteroatoms. The van der Waals surface area contributed by atoms with Crippen LogP contribution in [0.4, 0.5) is 0 Å². The highest BCUT2D eigenvalue weighted by molar-refractivity contribution is 5.92. The van der Waals surface area contributed by atoms with Crippen LogP contribution in [0.3, 0.4) is 0 Å². The topological polar surface area (TPSA) is 37.3 Å². The van der Waals surface area contributed by atoms with Gasteiger partial charge in [-0.2, -0.15) is 0 Å². The van der Waals surface area contributed by atoms with Crippen LogP contribution >= 0.6 is 0 Å². The number of ketones is 1. The summed E-state index contributed by atoms with van der Waals surface area (Å²) in [7, 11) is 0. The molecule has 0 heterocycles. The van der Waals surface area contributed by atoms with Crippen molar-refractivity contribution in [1.29, 1.82) is 0 Å². The fraction of sp³-hybridized carbons (Fsp3) is 0.750. The van der Waals surface area contributed by atoms with Crippen LogP contribution in [0.25, 0.3) is 0 Å². The van der Waals surface area contributed by atoms with Crippen molar-refractivity contribution in [1.82, 2.24) is 0 Å². The second kappa shape index (κ2) is 4.35. The summed E-state index contributed by atoms with van der Waals surface area (Å²) < 4.78 is 0. The van der Waals surface area contributed by atoms with Gasteiger partial charge in [-0.15, -0.1) is 0 Å². The lowest BCUT2D eigenvalue weighted by Gasteiger charge is -2.54. The molecule has 4 aliphatic carbocycles. The lowest BCUT2D eigenvalue weighted by molar-refractivity contribution is -0.115. The maximum atomic E-state index is 11.8. The predicted molar refractivity (Wildman–Crippen MR) is 87.3 cm³/mol. The molecule has 4 rings (SSSR count). The second-order valence-electron chi connectivity index (χ2n) is 8.81. The van der Waals surface area contributed by atoms with Crippen molar-refractivity contribution in [3.63, 3.8) is 0 Å². The fourth-order valence-electron chi connectivity index (χ4n) is 6.09. The summed E-state index contributed by atoms with van der Waals surface area (Å²) in [6.45, 7) is 6.70. The summed E-state index contributed by atoms with van der Waals surface area (Å²) in [5.74, 6) is 1.54. The maximum absolute atomic E-state index is 11.8. The van der Waals surface area contributed by atoms with E-state index in [1.807, 2.05) is 13.0 Å². The molecular weight excluding hydrogens is 272 g/mol. The molecule has 0 aromatic heterocycles. The van der Waals surface area contributed by atoms with E-state index in [-0.39, 0.29) is 10.8 Å². The Morgan fingerprint density at radius 3 is 2.68 bits per heavy atom. The third-order valence-corrected chi connectivity index (χ3v) is 7.90. The third-order valence-electron chi connectivity index (χ3n) is 7.90. The molecular formula is C20H28O2. The van der Waals surface area contributed by atoms with Crippen LogP contribution in [-0.2, 0) is 4.79 Å². The molecule has 1 N–H and O–H groups in total. The molecule has 0 amide bonds. The van der Waals surface area contributed by atoms with Gasteiger partial charge in [0.15, 0.2) is 5.78 Å². The van der Waals surface area contributed by atoms with Crippen molar-refractivity contribution in [3.8, 4) is 0 Å². The lowest BCUT2D eigenvalue weighted by atomic mass is 9.51. The number of carbonyl (C=O) groups excluding carboxylic acids is 1. The molecule has 0 bridgehead atoms. The number of fused-ring (bicyclic) bond motifs is 5. The summed E-state index contributed by atoms with van der Waals surface area (Å²) in [6, 6.07) is 0. The van der Waals surface area contributed by atoms with Gasteiger partial charge in [0.2, 0.25) is 0 Å². The van der Waals surface area contributed by atoms with Gasteiger partial charge < -0.3 is 5.11 Å². The molecule has 2 nitrogen and oxygen atoms in total. The predicted octanol–water partition coefficient (Wildman–Crippen LogP) is 4.19. The molecule has 0 radical (unpaired) electrons. The summed E-state index contributed by atoms with van der Waals surface area (Å²) in [5.41, 5.74) is 2.59. The van der Waals surface area contributed by atoms with Crippen LogP contribution in [0.1, 0.15) is 65.7 Å². The summed E-state index contributed by atoms with van der Waals surface area (Å²) in [6.07, 6.45) is 11.4. The quantitative estimate of drug-likeness (QED) is 0.681. The largest absolute Gasteiger partial charge is 0.390 e. The smallest absolute Gasteiger partial charge is 0.155 e. The van der Waals surface area contributed by atoms with Gasteiger partial charge in [-0.25, -0.2) is 0 Å². The number of hydrogen-bond acceptors (Lipinski definition) is 2. The molecule has 0 spiro atoms. The van der Waals surface area contributed by atoms with Gasteiger partial charge >= 0.3 is 0 Å². The van der Waals surface area contributed by atoms with Crippen LogP contribution in [0.5, 0.6) is 0 Å². The molecule has 22 heavy (non-hydrogen) atoms. The van der Waals surface area contributed by atoms with E-state index in [4.69, 9.17) is 0 Å². The molecule has 0 aromatic carbocycles. The van der Waals surface area contributed by atoms with Crippen molar-refractivity contribution in [2.75, 3.05) is 0 Å². The van der Waals surface area contributed by atoms with Crippen molar-refractivity contribution in [2.45, 2.75) is 71.3 Å². The Morgan fingerprint density at radius 2 is 1.91 bits per heavy atom. The van der Waals surface area contributed by atoms with Gasteiger partial charge in [0.1, 0.15) is 0 Å². The highest BCUT2D eigenvalue weighted by atomic mass is 16.3. The summed E-state index contributed by atoms with van der Waals surface area (Å²) in [5, 5.41) is 10.9. The zero-order valence-corrected chi connectivity index (χ0v) is 14.1. The van der Waals surface area contributed by atoms with Crippen molar-refractivity contribution in [2.24, 2.45) is 22.7 Å². The van der Waals surface area contributed by atoms with E-state index >= 15 is 0 Å². The van der Waals surface area contributed by atoms with E-state index in [1.54, 1.807) is 5.57 Å². The van der Waals surface area contributed by atoms with Gasteiger partial charge in [0, 0.05) is 17.3 Å². The lowest BCUT2D eigenvalue weighted by Crippen LogP contribution is -2.49. The van der Waals surface area contributed by atoms with Crippen LogP contribution in [0, 0.1) is 22.7 Å². The van der Waals surface area contributed by atoms with Crippen molar-refractivity contribution < 1.29 is 9.90 Å². The molecule has 120 valence electrons. The van der Waals surface area contributed by atoms with Crippen LogP contribution in [0.2, 0.25) is 0 Å². The Morgan fingerprint density at radius 1 is 1.14 bits per heavy atom. The summed E-state index contributed by atoms with van der Waals surface area (Å²) >= 11 is 0. The van der Waals surface area contributed by atoms with E-state index in [0.717, 1.165) is 38.5 Å². The number of allylic oxidation sites excluding steroid dienone is 4. The highest BCUT2D eigenvalue weighted by Crippen LogP contribution is 2.65. The van der Waals surface area contributed by atoms with E-state index in [1.165, 1.54) is 5.57 Å². The SMILES string of the molecule is C[C@]12CCC(=O)C=C1CC[C@@H]1C2=CC[C@@]2(C)[C@H]1CC[C@]2(C)O. The Bertz CT molecular complexity index is 597. The van der Waals surface area contributed by atoms with Gasteiger partial charge in [-0.3, -0.25) is 4.79 Å². The average Bonchev–Trinajstić information content (AvgIpc) is 2.70. The van der Waals surface area contributed by atoms with E-state index in [0.29, 0.717) is 24.0 Å². The molecule has 0 unspecified atom stereocenters. The van der Waals surface area contributed by atoms with Gasteiger partial charge in [0.25, 0.3) is 0 Å². The zero-order valence-electron chi connectivity index (χ0n) is 14.1. The Balaban J connectivity index is 1.77. The number of aliphatic hydroxyl groups is 1. The highest BCUT2D eigenvalue weighted by Gasteiger charge is 2.59. The standard InChI is InChI=1S/C20H28O2/c1-18-9-6-14(21)12-13(18)4-5-15-16(18)7-10-19(2)17(15)8-11-20(19,3)22/h7,12,15,17,22H,4-6,8-11H2,1-3H3/t15-,17+,18+,19+,20+/m1/s1. The summed E-state index contributed by atoms with van der Waals surface area (Å²) in [4.78, 5) is 11.8. The average molecular weight is 300 g/mol. The Kier molecular flexibility index (Phi) is 2.90. The van der Waals surface area contributed by atoms with Gasteiger partial charge in [-0.1, -0.05) is 31.1 Å². The molecule has 0 saturated heterocycles. The monoisotopic (exact) mass is 300 g/mol. The normalized spacial score (nSPS) is 50.6. The number of hydrogen-bond donors (Lipinski definition) is 1. The van der Waals surface area contributed by atoms with Crippen LogP contribution in [-0.4, -0.2) is 16.5 Å². The minimum Gasteiger partial charge on any atom is -0.390 e. The third kappa shape index (κ3) is 1.68. The van der Waals surface area contributed by atoms with E-state index in [2.05, 4.69) is 19.9 Å². The molecule has 4 aliphatic rings. The Labute approximate surface area is 133 Å². The molecule has 0 aliphatic heterocycles. The van der Waals surface area contributed by atoms with Crippen molar-refractivity contribution >= 4 is 5.78 Å². The minimum atomic E-state index is -0.529. The first-order valence-corrected chi connectivity index (χ1v) is 8.95.